The quantitative estimate of drug-likeness (QED) is 0.682. The average Bonchev–Trinajstić information content (AvgIpc) is 3.00. The van der Waals surface area contributed by atoms with Gasteiger partial charge in [-0.2, -0.15) is 0 Å². The molecule has 2 heterocycles. The van der Waals surface area contributed by atoms with Crippen molar-refractivity contribution >= 4 is 11.2 Å². The number of ether oxygens (including phenoxy) is 1. The average molecular weight is 342 g/mol. The Morgan fingerprint density at radius 2 is 1.88 bits per heavy atom. The lowest BCUT2D eigenvalue weighted by Gasteiger charge is -2.11. The Kier molecular flexibility index (Phi) is 4.85. The lowest BCUT2D eigenvalue weighted by Crippen LogP contribution is -2.40. The van der Waals surface area contributed by atoms with Crippen LogP contribution in [0.2, 0.25) is 0 Å². The number of hydrogen-bond acceptors (Lipinski definition) is 4. The van der Waals surface area contributed by atoms with E-state index < -0.39 is 5.69 Å². The van der Waals surface area contributed by atoms with Gasteiger partial charge < -0.3 is 9.30 Å². The Labute approximate surface area is 145 Å². The first-order valence-electron chi connectivity index (χ1n) is 8.25. The minimum Gasteiger partial charge on any atom is -0.360 e. The van der Waals surface area contributed by atoms with Crippen molar-refractivity contribution in [1.29, 1.82) is 0 Å². The highest BCUT2D eigenvalue weighted by atomic mass is 16.5. The zero-order valence-corrected chi connectivity index (χ0v) is 14.7. The molecule has 0 saturated heterocycles. The van der Waals surface area contributed by atoms with Crippen LogP contribution in [0.4, 0.5) is 0 Å². The van der Waals surface area contributed by atoms with Gasteiger partial charge in [-0.05, 0) is 11.5 Å². The minimum absolute atomic E-state index is 0.0594. The van der Waals surface area contributed by atoms with Crippen LogP contribution in [0.15, 0.2) is 46.2 Å². The van der Waals surface area contributed by atoms with Crippen LogP contribution in [0, 0.1) is 5.92 Å². The van der Waals surface area contributed by atoms with Crippen LogP contribution in [0.3, 0.4) is 0 Å². The van der Waals surface area contributed by atoms with Crippen molar-refractivity contribution in [3.63, 3.8) is 0 Å². The van der Waals surface area contributed by atoms with E-state index in [1.807, 2.05) is 44.2 Å². The van der Waals surface area contributed by atoms with E-state index in [2.05, 4.69) is 4.98 Å². The summed E-state index contributed by atoms with van der Waals surface area (Å²) in [5, 5.41) is 0. The summed E-state index contributed by atoms with van der Waals surface area (Å²) in [6.07, 6.45) is 1.60. The topological polar surface area (TPSA) is 71.1 Å². The number of hydrogen-bond donors (Lipinski definition) is 0. The van der Waals surface area contributed by atoms with Crippen LogP contribution in [0.1, 0.15) is 19.4 Å². The van der Waals surface area contributed by atoms with Crippen molar-refractivity contribution in [2.75, 3.05) is 6.61 Å². The van der Waals surface area contributed by atoms with E-state index in [1.165, 1.54) is 4.57 Å². The highest BCUT2D eigenvalue weighted by molar-refractivity contribution is 5.70. The fraction of sp³-hybridized carbons (Fsp3) is 0.389. The molecule has 7 heteroatoms. The normalized spacial score (nSPS) is 11.5. The van der Waals surface area contributed by atoms with Crippen molar-refractivity contribution in [1.82, 2.24) is 18.7 Å². The fourth-order valence-corrected chi connectivity index (χ4v) is 2.72. The molecular formula is C18H22N4O3. The number of rotatable bonds is 6. The molecule has 132 valence electrons. The second-order valence-electron chi connectivity index (χ2n) is 6.50. The summed E-state index contributed by atoms with van der Waals surface area (Å²) in [5.74, 6) is 0.326. The van der Waals surface area contributed by atoms with E-state index in [0.717, 1.165) is 10.1 Å². The van der Waals surface area contributed by atoms with Crippen LogP contribution >= 0.6 is 0 Å². The molecule has 0 amide bonds. The Bertz CT molecular complexity index is 983. The van der Waals surface area contributed by atoms with Crippen molar-refractivity contribution in [3.8, 4) is 0 Å². The first kappa shape index (κ1) is 17.2. The first-order valence-corrected chi connectivity index (χ1v) is 8.25. The van der Waals surface area contributed by atoms with Gasteiger partial charge in [0.25, 0.3) is 5.56 Å². The number of fused-ring (bicyclic) bond motifs is 1. The summed E-state index contributed by atoms with van der Waals surface area (Å²) in [6.45, 7) is 4.96. The third-order valence-corrected chi connectivity index (χ3v) is 3.97. The van der Waals surface area contributed by atoms with Crippen LogP contribution in [0.5, 0.6) is 0 Å². The monoisotopic (exact) mass is 342 g/mol. The highest BCUT2D eigenvalue weighted by Gasteiger charge is 2.16. The van der Waals surface area contributed by atoms with E-state index in [-0.39, 0.29) is 12.3 Å². The van der Waals surface area contributed by atoms with E-state index >= 15 is 0 Å². The second-order valence-corrected chi connectivity index (χ2v) is 6.50. The van der Waals surface area contributed by atoms with Crippen molar-refractivity contribution in [2.24, 2.45) is 13.0 Å². The maximum Gasteiger partial charge on any atom is 0.334 e. The number of nitrogens with zero attached hydrogens (tertiary/aromatic N) is 4. The molecule has 0 bridgehead atoms. The van der Waals surface area contributed by atoms with Gasteiger partial charge in [-0.3, -0.25) is 9.36 Å². The van der Waals surface area contributed by atoms with Crippen LogP contribution < -0.4 is 11.2 Å². The maximum atomic E-state index is 12.9. The zero-order valence-electron chi connectivity index (χ0n) is 14.7. The number of aromatic nitrogens is 4. The van der Waals surface area contributed by atoms with Gasteiger partial charge in [-0.1, -0.05) is 44.2 Å². The fourth-order valence-electron chi connectivity index (χ4n) is 2.72. The predicted molar refractivity (Wildman–Crippen MR) is 95.6 cm³/mol. The van der Waals surface area contributed by atoms with Crippen LogP contribution in [0.25, 0.3) is 11.2 Å². The standard InChI is InChI=1S/C18H22N4O3/c1-13(2)10-25-12-22-17(23)15-16(20(3)18(22)24)19-11-21(15)9-14-7-5-4-6-8-14/h4-8,11,13H,9-10,12H2,1-3H3. The molecule has 0 unspecified atom stereocenters. The van der Waals surface area contributed by atoms with Gasteiger partial charge in [-0.15, -0.1) is 0 Å². The van der Waals surface area contributed by atoms with E-state index in [9.17, 15) is 9.59 Å². The molecule has 0 fully saturated rings. The van der Waals surface area contributed by atoms with Gasteiger partial charge in [0, 0.05) is 13.6 Å². The summed E-state index contributed by atoms with van der Waals surface area (Å²) in [5.41, 5.74) is 1.03. The molecule has 0 N–H and O–H groups in total. The van der Waals surface area contributed by atoms with E-state index in [1.54, 1.807) is 17.9 Å². The smallest absolute Gasteiger partial charge is 0.334 e. The van der Waals surface area contributed by atoms with Crippen molar-refractivity contribution in [3.05, 3.63) is 63.1 Å². The lowest BCUT2D eigenvalue weighted by atomic mass is 10.2. The molecule has 1 aromatic carbocycles. The molecule has 3 aromatic rings. The van der Waals surface area contributed by atoms with Gasteiger partial charge in [0.2, 0.25) is 0 Å². The molecule has 3 rings (SSSR count). The Hall–Kier alpha value is -2.67. The Morgan fingerprint density at radius 1 is 1.16 bits per heavy atom. The molecule has 0 aliphatic rings. The lowest BCUT2D eigenvalue weighted by molar-refractivity contribution is 0.0527. The van der Waals surface area contributed by atoms with Crippen LogP contribution in [-0.2, 0) is 25.1 Å². The van der Waals surface area contributed by atoms with Crippen molar-refractivity contribution in [2.45, 2.75) is 27.1 Å². The molecule has 0 radical (unpaired) electrons. The van der Waals surface area contributed by atoms with Crippen LogP contribution in [-0.4, -0.2) is 25.3 Å². The highest BCUT2D eigenvalue weighted by Crippen LogP contribution is 2.09. The molecule has 0 aliphatic heterocycles. The van der Waals surface area contributed by atoms with E-state index in [4.69, 9.17) is 4.74 Å². The summed E-state index contributed by atoms with van der Waals surface area (Å²) < 4.78 is 9.78. The van der Waals surface area contributed by atoms with E-state index in [0.29, 0.717) is 30.2 Å². The maximum absolute atomic E-state index is 12.9. The molecule has 0 spiro atoms. The first-order chi connectivity index (χ1) is 12.0. The Morgan fingerprint density at radius 3 is 2.56 bits per heavy atom. The summed E-state index contributed by atoms with van der Waals surface area (Å²) in [6, 6.07) is 9.80. The number of imidazole rings is 1. The van der Waals surface area contributed by atoms with Gasteiger partial charge in [0.15, 0.2) is 11.2 Å². The largest absolute Gasteiger partial charge is 0.360 e. The second kappa shape index (κ2) is 7.06. The Balaban J connectivity index is 2.05. The minimum atomic E-state index is -0.425. The number of aryl methyl sites for hydroxylation is 1. The zero-order chi connectivity index (χ0) is 18.0. The molecular weight excluding hydrogens is 320 g/mol. The predicted octanol–water partition coefficient (Wildman–Crippen LogP) is 1.58. The summed E-state index contributed by atoms with van der Waals surface area (Å²) in [7, 11) is 1.61. The molecule has 0 saturated carbocycles. The van der Waals surface area contributed by atoms with Gasteiger partial charge in [0.1, 0.15) is 6.73 Å². The molecule has 0 atom stereocenters. The summed E-state index contributed by atoms with van der Waals surface area (Å²) in [4.78, 5) is 29.6. The van der Waals surface area contributed by atoms with Gasteiger partial charge in [0.05, 0.1) is 12.9 Å². The third-order valence-electron chi connectivity index (χ3n) is 3.97. The summed E-state index contributed by atoms with van der Waals surface area (Å²) >= 11 is 0. The van der Waals surface area contributed by atoms with Gasteiger partial charge in [-0.25, -0.2) is 14.3 Å². The third kappa shape index (κ3) is 3.41. The molecule has 25 heavy (non-hydrogen) atoms. The van der Waals surface area contributed by atoms with Gasteiger partial charge >= 0.3 is 5.69 Å². The molecule has 0 aliphatic carbocycles. The number of benzene rings is 1. The van der Waals surface area contributed by atoms with Crippen molar-refractivity contribution < 1.29 is 4.74 Å². The molecule has 7 nitrogen and oxygen atoms in total. The SMILES string of the molecule is CC(C)COCn1c(=O)c2c(ncn2Cc2ccccc2)n(C)c1=O. The molecule has 2 aromatic heterocycles.